The molecule has 0 aliphatic rings. The molecule has 0 saturated heterocycles. The van der Waals surface area contributed by atoms with Gasteiger partial charge in [-0.15, -0.1) is 0 Å². The summed E-state index contributed by atoms with van der Waals surface area (Å²) in [5.74, 6) is -0.196. The van der Waals surface area contributed by atoms with Crippen LogP contribution in [0.25, 0.3) is 0 Å². The van der Waals surface area contributed by atoms with Crippen LogP contribution in [0, 0.1) is 0 Å². The maximum atomic E-state index is 11.2. The molecule has 0 rings (SSSR count). The lowest BCUT2D eigenvalue weighted by molar-refractivity contribution is -0.116. The van der Waals surface area contributed by atoms with E-state index in [0.717, 1.165) is 0 Å². The normalized spacial score (nSPS) is 13.8. The first-order chi connectivity index (χ1) is 5.54. The number of allylic oxidation sites excluding steroid dienone is 1. The second-order valence-corrected chi connectivity index (χ2v) is 2.45. The van der Waals surface area contributed by atoms with Crippen LogP contribution in [-0.2, 0) is 4.79 Å². The summed E-state index contributed by atoms with van der Waals surface area (Å²) in [5.41, 5.74) is 7.12. The van der Waals surface area contributed by atoms with E-state index in [1.165, 1.54) is 0 Å². The van der Waals surface area contributed by atoms with Gasteiger partial charge in [0.25, 0.3) is 5.91 Å². The van der Waals surface area contributed by atoms with E-state index in [4.69, 9.17) is 5.73 Å². The number of carbonyl (C=O) groups is 1. The lowest BCUT2D eigenvalue weighted by Gasteiger charge is -2.06. The predicted octanol–water partition coefficient (Wildman–Crippen LogP) is 0.0558. The Labute approximate surface area is 72.6 Å². The van der Waals surface area contributed by atoms with E-state index in [2.05, 4.69) is 10.3 Å². The Morgan fingerprint density at radius 3 is 2.17 bits per heavy atom. The molecule has 0 heterocycles. The third-order valence-electron chi connectivity index (χ3n) is 1.55. The minimum absolute atomic E-state index is 0.196. The van der Waals surface area contributed by atoms with Crippen molar-refractivity contribution in [2.75, 3.05) is 14.1 Å². The van der Waals surface area contributed by atoms with Crippen molar-refractivity contribution in [1.29, 1.82) is 0 Å². The van der Waals surface area contributed by atoms with Gasteiger partial charge in [-0.1, -0.05) is 0 Å². The average Bonchev–Trinajstić information content (AvgIpc) is 2.03. The number of hydrogen-bond acceptors (Lipinski definition) is 3. The number of rotatable bonds is 2. The second-order valence-electron chi connectivity index (χ2n) is 2.45. The van der Waals surface area contributed by atoms with Crippen molar-refractivity contribution in [3.63, 3.8) is 0 Å². The molecule has 0 bridgehead atoms. The van der Waals surface area contributed by atoms with Crippen LogP contribution >= 0.6 is 0 Å². The van der Waals surface area contributed by atoms with Gasteiger partial charge in [0, 0.05) is 25.5 Å². The highest BCUT2D eigenvalue weighted by Gasteiger charge is 2.12. The summed E-state index contributed by atoms with van der Waals surface area (Å²) in [4.78, 5) is 15.1. The molecule has 3 N–H and O–H groups in total. The number of nitrogens with two attached hydrogens (primary N) is 1. The van der Waals surface area contributed by atoms with Gasteiger partial charge in [-0.05, 0) is 13.8 Å². The van der Waals surface area contributed by atoms with Crippen LogP contribution in [0.3, 0.4) is 0 Å². The first-order valence-electron chi connectivity index (χ1n) is 3.66. The Morgan fingerprint density at radius 2 is 1.92 bits per heavy atom. The highest BCUT2D eigenvalue weighted by molar-refractivity contribution is 6.21. The SMILES string of the molecule is CN=C(C)/C(C(=O)NC)=C(\C)N. The minimum Gasteiger partial charge on any atom is -0.402 e. The fourth-order valence-corrected chi connectivity index (χ4v) is 0.866. The van der Waals surface area contributed by atoms with Crippen molar-refractivity contribution >= 4 is 11.6 Å². The zero-order chi connectivity index (χ0) is 9.72. The van der Waals surface area contributed by atoms with E-state index in [0.29, 0.717) is 17.0 Å². The van der Waals surface area contributed by atoms with Gasteiger partial charge in [-0.3, -0.25) is 9.79 Å². The summed E-state index contributed by atoms with van der Waals surface area (Å²) < 4.78 is 0. The van der Waals surface area contributed by atoms with Gasteiger partial charge in [-0.25, -0.2) is 0 Å². The largest absolute Gasteiger partial charge is 0.402 e. The number of hydrogen-bond donors (Lipinski definition) is 2. The Hall–Kier alpha value is -1.32. The maximum absolute atomic E-state index is 11.2. The number of carbonyl (C=O) groups excluding carboxylic acids is 1. The summed E-state index contributed by atoms with van der Waals surface area (Å²) in [7, 11) is 3.19. The molecular formula is C8H15N3O. The average molecular weight is 169 g/mol. The third kappa shape index (κ3) is 2.38. The van der Waals surface area contributed by atoms with E-state index >= 15 is 0 Å². The van der Waals surface area contributed by atoms with Gasteiger partial charge >= 0.3 is 0 Å². The van der Waals surface area contributed by atoms with E-state index in [1.807, 2.05) is 0 Å². The van der Waals surface area contributed by atoms with Crippen LogP contribution in [0.5, 0.6) is 0 Å². The number of nitrogens with one attached hydrogen (secondary N) is 1. The fraction of sp³-hybridized carbons (Fsp3) is 0.500. The molecule has 0 unspecified atom stereocenters. The van der Waals surface area contributed by atoms with Gasteiger partial charge in [0.15, 0.2) is 0 Å². The molecule has 0 aliphatic carbocycles. The molecule has 0 radical (unpaired) electrons. The molecule has 0 aromatic carbocycles. The molecule has 0 atom stereocenters. The zero-order valence-electron chi connectivity index (χ0n) is 7.93. The smallest absolute Gasteiger partial charge is 0.254 e. The molecule has 12 heavy (non-hydrogen) atoms. The predicted molar refractivity (Wildman–Crippen MR) is 50.0 cm³/mol. The third-order valence-corrected chi connectivity index (χ3v) is 1.55. The van der Waals surface area contributed by atoms with Gasteiger partial charge < -0.3 is 11.1 Å². The van der Waals surface area contributed by atoms with Gasteiger partial charge in [0.2, 0.25) is 0 Å². The number of likely N-dealkylation sites (N-methyl/N-ethyl adjacent to an activating group) is 1. The Balaban J connectivity index is 4.96. The van der Waals surface area contributed by atoms with Crippen molar-refractivity contribution in [3.05, 3.63) is 11.3 Å². The quantitative estimate of drug-likeness (QED) is 0.453. The summed E-state index contributed by atoms with van der Waals surface area (Å²) in [5, 5.41) is 2.50. The fourth-order valence-electron chi connectivity index (χ4n) is 0.866. The highest BCUT2D eigenvalue weighted by atomic mass is 16.1. The number of amides is 1. The molecule has 0 spiro atoms. The van der Waals surface area contributed by atoms with E-state index in [9.17, 15) is 4.79 Å². The van der Waals surface area contributed by atoms with E-state index < -0.39 is 0 Å². The molecule has 0 aromatic heterocycles. The monoisotopic (exact) mass is 169 g/mol. The minimum atomic E-state index is -0.196. The molecule has 4 heteroatoms. The molecule has 0 saturated carbocycles. The second kappa shape index (κ2) is 4.54. The lowest BCUT2D eigenvalue weighted by atomic mass is 10.1. The van der Waals surface area contributed by atoms with Gasteiger partial charge in [0.1, 0.15) is 0 Å². The highest BCUT2D eigenvalue weighted by Crippen LogP contribution is 2.01. The molecule has 0 fully saturated rings. The zero-order valence-corrected chi connectivity index (χ0v) is 7.93. The van der Waals surface area contributed by atoms with Crippen molar-refractivity contribution < 1.29 is 4.79 Å². The summed E-state index contributed by atoms with van der Waals surface area (Å²) in [6, 6.07) is 0. The van der Waals surface area contributed by atoms with Crippen LogP contribution in [0.4, 0.5) is 0 Å². The molecule has 4 nitrogen and oxygen atoms in total. The van der Waals surface area contributed by atoms with Gasteiger partial charge in [0.05, 0.1) is 5.57 Å². The van der Waals surface area contributed by atoms with Crippen molar-refractivity contribution in [1.82, 2.24) is 5.32 Å². The maximum Gasteiger partial charge on any atom is 0.254 e. The number of nitrogens with zero attached hydrogens (tertiary/aromatic N) is 1. The topological polar surface area (TPSA) is 67.5 Å². The van der Waals surface area contributed by atoms with Gasteiger partial charge in [-0.2, -0.15) is 0 Å². The summed E-state index contributed by atoms with van der Waals surface area (Å²) in [6.07, 6.45) is 0. The van der Waals surface area contributed by atoms with Crippen LogP contribution in [0.2, 0.25) is 0 Å². The lowest BCUT2D eigenvalue weighted by Crippen LogP contribution is -2.26. The molecule has 68 valence electrons. The Bertz CT molecular complexity index is 237. The number of aliphatic imine (C=N–C) groups is 1. The van der Waals surface area contributed by atoms with Crippen LogP contribution < -0.4 is 11.1 Å². The van der Waals surface area contributed by atoms with E-state index in [1.54, 1.807) is 27.9 Å². The van der Waals surface area contributed by atoms with Crippen LogP contribution in [0.15, 0.2) is 16.3 Å². The first-order valence-corrected chi connectivity index (χ1v) is 3.66. The molecule has 1 amide bonds. The van der Waals surface area contributed by atoms with Crippen molar-refractivity contribution in [2.24, 2.45) is 10.7 Å². The Morgan fingerprint density at radius 1 is 1.42 bits per heavy atom. The van der Waals surface area contributed by atoms with Crippen molar-refractivity contribution in [3.8, 4) is 0 Å². The first kappa shape index (κ1) is 10.7. The molecule has 0 aliphatic heterocycles. The summed E-state index contributed by atoms with van der Waals surface area (Å²) >= 11 is 0. The standard InChI is InChI=1S/C8H15N3O/c1-5(9)7(6(2)10-3)8(12)11-4/h9H2,1-4H3,(H,11,12)/b7-5-,10-6?. The van der Waals surface area contributed by atoms with E-state index in [-0.39, 0.29) is 5.91 Å². The molecule has 0 aromatic rings. The summed E-state index contributed by atoms with van der Waals surface area (Å²) in [6.45, 7) is 3.43. The van der Waals surface area contributed by atoms with Crippen molar-refractivity contribution in [2.45, 2.75) is 13.8 Å². The molecular weight excluding hydrogens is 154 g/mol. The Kier molecular flexibility index (Phi) is 4.04. The van der Waals surface area contributed by atoms with Crippen LogP contribution in [-0.4, -0.2) is 25.7 Å². The van der Waals surface area contributed by atoms with Crippen LogP contribution in [0.1, 0.15) is 13.8 Å².